The Morgan fingerprint density at radius 3 is 1.68 bits per heavy atom. The molecular formula is C22H19N2P. The molecule has 4 aromatic rings. The lowest BCUT2D eigenvalue weighted by atomic mass is 10.2. The van der Waals surface area contributed by atoms with Crippen molar-refractivity contribution in [3.8, 4) is 11.4 Å². The molecule has 3 heteroatoms. The van der Waals surface area contributed by atoms with Crippen LogP contribution < -0.4 is 15.9 Å². The van der Waals surface area contributed by atoms with Crippen LogP contribution in [0.25, 0.3) is 11.4 Å². The van der Waals surface area contributed by atoms with Crippen molar-refractivity contribution in [3.05, 3.63) is 97.3 Å². The molecule has 0 aliphatic heterocycles. The van der Waals surface area contributed by atoms with Gasteiger partial charge in [0.1, 0.15) is 5.82 Å². The van der Waals surface area contributed by atoms with Crippen LogP contribution in [0.15, 0.2) is 97.3 Å². The SMILES string of the molecule is Cn1ccnc1-c1ccc(P(c2ccccc2)c2ccccc2)cc1. The van der Waals surface area contributed by atoms with Crippen molar-refractivity contribution in [1.82, 2.24) is 9.55 Å². The van der Waals surface area contributed by atoms with Crippen LogP contribution in [0.5, 0.6) is 0 Å². The number of aryl methyl sites for hydroxylation is 1. The first kappa shape index (κ1) is 15.8. The third-order valence-electron chi connectivity index (χ3n) is 4.23. The predicted molar refractivity (Wildman–Crippen MR) is 107 cm³/mol. The van der Waals surface area contributed by atoms with E-state index in [1.54, 1.807) is 0 Å². The fourth-order valence-electron chi connectivity index (χ4n) is 3.00. The van der Waals surface area contributed by atoms with Gasteiger partial charge in [-0.3, -0.25) is 0 Å². The normalized spacial score (nSPS) is 11.0. The van der Waals surface area contributed by atoms with Crippen molar-refractivity contribution in [2.24, 2.45) is 7.05 Å². The van der Waals surface area contributed by atoms with E-state index in [9.17, 15) is 0 Å². The van der Waals surface area contributed by atoms with E-state index in [4.69, 9.17) is 0 Å². The van der Waals surface area contributed by atoms with Crippen LogP contribution in [-0.2, 0) is 7.05 Å². The second-order valence-corrected chi connectivity index (χ2v) is 8.14. The first-order chi connectivity index (χ1) is 12.3. The summed E-state index contributed by atoms with van der Waals surface area (Å²) in [6.07, 6.45) is 3.81. The van der Waals surface area contributed by atoms with Crippen LogP contribution in [-0.4, -0.2) is 9.55 Å². The summed E-state index contributed by atoms with van der Waals surface area (Å²) < 4.78 is 2.05. The maximum Gasteiger partial charge on any atom is 0.139 e. The molecule has 0 amide bonds. The van der Waals surface area contributed by atoms with Crippen molar-refractivity contribution in [2.75, 3.05) is 0 Å². The summed E-state index contributed by atoms with van der Waals surface area (Å²) in [6, 6.07) is 30.4. The Morgan fingerprint density at radius 2 is 1.20 bits per heavy atom. The van der Waals surface area contributed by atoms with E-state index in [0.29, 0.717) is 0 Å². The molecule has 0 fully saturated rings. The number of hydrogen-bond donors (Lipinski definition) is 0. The molecule has 1 aromatic heterocycles. The zero-order valence-electron chi connectivity index (χ0n) is 14.1. The van der Waals surface area contributed by atoms with Gasteiger partial charge >= 0.3 is 0 Å². The summed E-state index contributed by atoms with van der Waals surface area (Å²) in [5, 5.41) is 4.09. The monoisotopic (exact) mass is 342 g/mol. The fraction of sp³-hybridized carbons (Fsp3) is 0.0455. The minimum absolute atomic E-state index is 0.551. The summed E-state index contributed by atoms with van der Waals surface area (Å²) in [5.74, 6) is 0.996. The Hall–Kier alpha value is -2.70. The Labute approximate surface area is 149 Å². The van der Waals surface area contributed by atoms with Gasteiger partial charge in [0.05, 0.1) is 0 Å². The molecule has 25 heavy (non-hydrogen) atoms. The summed E-state index contributed by atoms with van der Waals surface area (Å²) in [7, 11) is 1.47. The Kier molecular flexibility index (Phi) is 4.45. The first-order valence-electron chi connectivity index (χ1n) is 8.31. The maximum atomic E-state index is 4.45. The van der Waals surface area contributed by atoms with Gasteiger partial charge in [0.2, 0.25) is 0 Å². The van der Waals surface area contributed by atoms with Gasteiger partial charge in [-0.15, -0.1) is 0 Å². The van der Waals surface area contributed by atoms with Gasteiger partial charge in [-0.05, 0) is 23.8 Å². The molecule has 0 saturated heterocycles. The molecule has 0 radical (unpaired) electrons. The molecule has 0 spiro atoms. The number of aromatic nitrogens is 2. The molecule has 0 N–H and O–H groups in total. The van der Waals surface area contributed by atoms with Crippen LogP contribution in [0, 0.1) is 0 Å². The summed E-state index contributed by atoms with van der Waals surface area (Å²) in [5.41, 5.74) is 1.15. The van der Waals surface area contributed by atoms with Crippen LogP contribution in [0.1, 0.15) is 0 Å². The second-order valence-electron chi connectivity index (χ2n) is 5.92. The van der Waals surface area contributed by atoms with E-state index in [0.717, 1.165) is 11.4 Å². The van der Waals surface area contributed by atoms with Crippen molar-refractivity contribution >= 4 is 23.8 Å². The number of benzene rings is 3. The standard InChI is InChI=1S/C22H19N2P/c1-24-17-16-23-22(24)18-12-14-21(15-13-18)25(19-8-4-2-5-9-19)20-10-6-3-7-11-20/h2-17H,1H3. The molecule has 0 unspecified atom stereocenters. The van der Waals surface area contributed by atoms with E-state index in [2.05, 4.69) is 89.9 Å². The van der Waals surface area contributed by atoms with Gasteiger partial charge in [-0.2, -0.15) is 0 Å². The third-order valence-corrected chi connectivity index (χ3v) is 6.68. The lowest BCUT2D eigenvalue weighted by Gasteiger charge is -2.19. The van der Waals surface area contributed by atoms with Gasteiger partial charge in [0.25, 0.3) is 0 Å². The van der Waals surface area contributed by atoms with Gasteiger partial charge < -0.3 is 4.57 Å². The number of nitrogens with zero attached hydrogens (tertiary/aromatic N) is 2. The molecule has 122 valence electrons. The summed E-state index contributed by atoms with van der Waals surface area (Å²) in [6.45, 7) is 0. The minimum atomic E-state index is -0.551. The van der Waals surface area contributed by atoms with Crippen molar-refractivity contribution in [1.29, 1.82) is 0 Å². The van der Waals surface area contributed by atoms with Crippen LogP contribution >= 0.6 is 7.92 Å². The van der Waals surface area contributed by atoms with Crippen LogP contribution in [0.4, 0.5) is 0 Å². The molecule has 4 rings (SSSR count). The van der Waals surface area contributed by atoms with E-state index in [1.807, 2.05) is 24.0 Å². The van der Waals surface area contributed by atoms with E-state index in [1.165, 1.54) is 15.9 Å². The summed E-state index contributed by atoms with van der Waals surface area (Å²) in [4.78, 5) is 4.45. The quantitative estimate of drug-likeness (QED) is 0.515. The summed E-state index contributed by atoms with van der Waals surface area (Å²) >= 11 is 0. The average Bonchev–Trinajstić information content (AvgIpc) is 3.10. The molecule has 0 aliphatic rings. The lowest BCUT2D eigenvalue weighted by Crippen LogP contribution is -2.20. The first-order valence-corrected chi connectivity index (χ1v) is 9.65. The van der Waals surface area contributed by atoms with Gasteiger partial charge in [0, 0.05) is 25.0 Å². The smallest absolute Gasteiger partial charge is 0.139 e. The average molecular weight is 342 g/mol. The molecule has 3 aromatic carbocycles. The highest BCUT2D eigenvalue weighted by Gasteiger charge is 2.16. The molecular weight excluding hydrogens is 323 g/mol. The number of imidazole rings is 1. The Bertz CT molecular complexity index is 905. The highest BCUT2D eigenvalue weighted by Crippen LogP contribution is 2.33. The van der Waals surface area contributed by atoms with Gasteiger partial charge in [-0.1, -0.05) is 84.9 Å². The van der Waals surface area contributed by atoms with Crippen molar-refractivity contribution in [3.63, 3.8) is 0 Å². The van der Waals surface area contributed by atoms with Crippen molar-refractivity contribution < 1.29 is 0 Å². The minimum Gasteiger partial charge on any atom is -0.334 e. The highest BCUT2D eigenvalue weighted by molar-refractivity contribution is 7.79. The van der Waals surface area contributed by atoms with E-state index < -0.39 is 7.92 Å². The van der Waals surface area contributed by atoms with Gasteiger partial charge in [0.15, 0.2) is 0 Å². The maximum absolute atomic E-state index is 4.45. The van der Waals surface area contributed by atoms with Crippen LogP contribution in [0.3, 0.4) is 0 Å². The van der Waals surface area contributed by atoms with E-state index >= 15 is 0 Å². The zero-order chi connectivity index (χ0) is 17.1. The van der Waals surface area contributed by atoms with Crippen LogP contribution in [0.2, 0.25) is 0 Å². The molecule has 2 nitrogen and oxygen atoms in total. The Morgan fingerprint density at radius 1 is 0.680 bits per heavy atom. The zero-order valence-corrected chi connectivity index (χ0v) is 15.0. The van der Waals surface area contributed by atoms with Gasteiger partial charge in [-0.25, -0.2) is 4.98 Å². The topological polar surface area (TPSA) is 17.8 Å². The second kappa shape index (κ2) is 7.04. The number of hydrogen-bond acceptors (Lipinski definition) is 1. The highest BCUT2D eigenvalue weighted by atomic mass is 31.1. The predicted octanol–water partition coefficient (Wildman–Crippen LogP) is 3.85. The largest absolute Gasteiger partial charge is 0.334 e. The molecule has 1 heterocycles. The molecule has 0 aliphatic carbocycles. The molecule has 0 atom stereocenters. The molecule has 0 saturated carbocycles. The number of rotatable bonds is 4. The Balaban J connectivity index is 1.77. The fourth-order valence-corrected chi connectivity index (χ4v) is 5.29. The lowest BCUT2D eigenvalue weighted by molar-refractivity contribution is 0.925. The van der Waals surface area contributed by atoms with Crippen molar-refractivity contribution in [2.45, 2.75) is 0 Å². The third kappa shape index (κ3) is 3.26. The van der Waals surface area contributed by atoms with E-state index in [-0.39, 0.29) is 0 Å². The molecule has 0 bridgehead atoms.